The van der Waals surface area contributed by atoms with Gasteiger partial charge < -0.3 is 19.3 Å². The topological polar surface area (TPSA) is 85.6 Å². The quantitative estimate of drug-likeness (QED) is 0.665. The molecule has 0 bridgehead atoms. The minimum Gasteiger partial charge on any atom is -0.490 e. The van der Waals surface area contributed by atoms with Crippen molar-refractivity contribution < 1.29 is 18.8 Å². The molecule has 0 saturated carbocycles. The van der Waals surface area contributed by atoms with E-state index in [1.54, 1.807) is 19.9 Å². The summed E-state index contributed by atoms with van der Waals surface area (Å²) in [7, 11) is 0. The van der Waals surface area contributed by atoms with Gasteiger partial charge >= 0.3 is 0 Å². The fourth-order valence-electron chi connectivity index (χ4n) is 2.22. The number of nitrogens with zero attached hydrogens (tertiary/aromatic N) is 1. The number of aromatic nitrogens is 1. The van der Waals surface area contributed by atoms with E-state index in [1.165, 1.54) is 0 Å². The lowest BCUT2D eigenvalue weighted by atomic mass is 10.2. The Morgan fingerprint density at radius 3 is 2.46 bits per heavy atom. The number of nitrogens with one attached hydrogen (secondary N) is 2. The molecule has 7 nitrogen and oxygen atoms in total. The average Bonchev–Trinajstić information content (AvgIpc) is 3.03. The van der Waals surface area contributed by atoms with E-state index in [4.69, 9.17) is 14.0 Å². The normalized spacial score (nSPS) is 11.7. The molecule has 0 aliphatic heterocycles. The van der Waals surface area contributed by atoms with Gasteiger partial charge in [-0.15, -0.1) is 0 Å². The molecule has 0 saturated heterocycles. The van der Waals surface area contributed by atoms with Crippen molar-refractivity contribution in [3.05, 3.63) is 30.0 Å². The zero-order valence-electron chi connectivity index (χ0n) is 15.8. The monoisotopic (exact) mass is 361 g/mol. The summed E-state index contributed by atoms with van der Waals surface area (Å²) < 4.78 is 16.5. The standard InChI is InChI=1S/C19H27N3O4/c1-5-9-24-16-8-7-15(12-17(16)25-10-6-2)20-14(4)19(23)21-18-11-13(3)22-26-18/h7-8,11-12,14,20H,5-6,9-10H2,1-4H3,(H,21,23). The largest absolute Gasteiger partial charge is 0.490 e. The van der Waals surface area contributed by atoms with Crippen molar-refractivity contribution in [1.82, 2.24) is 5.16 Å². The van der Waals surface area contributed by atoms with Gasteiger partial charge in [0.15, 0.2) is 11.5 Å². The first kappa shape index (κ1) is 19.6. The SMILES string of the molecule is CCCOc1ccc(NC(C)C(=O)Nc2cc(C)no2)cc1OCCC. The summed E-state index contributed by atoms with van der Waals surface area (Å²) >= 11 is 0. The van der Waals surface area contributed by atoms with Crippen molar-refractivity contribution in [2.45, 2.75) is 46.6 Å². The molecule has 0 aliphatic rings. The Labute approximate surface area is 154 Å². The van der Waals surface area contributed by atoms with E-state index < -0.39 is 6.04 Å². The highest BCUT2D eigenvalue weighted by Crippen LogP contribution is 2.31. The number of ether oxygens (including phenoxy) is 2. The van der Waals surface area contributed by atoms with Gasteiger partial charge in [0.25, 0.3) is 0 Å². The van der Waals surface area contributed by atoms with E-state index in [0.717, 1.165) is 18.5 Å². The molecule has 7 heteroatoms. The van der Waals surface area contributed by atoms with Gasteiger partial charge in [0.2, 0.25) is 11.8 Å². The van der Waals surface area contributed by atoms with Crippen LogP contribution in [-0.4, -0.2) is 30.3 Å². The van der Waals surface area contributed by atoms with Gasteiger partial charge in [-0.05, 0) is 38.8 Å². The van der Waals surface area contributed by atoms with Crippen molar-refractivity contribution in [3.63, 3.8) is 0 Å². The number of benzene rings is 1. The Morgan fingerprint density at radius 1 is 1.15 bits per heavy atom. The summed E-state index contributed by atoms with van der Waals surface area (Å²) in [6.07, 6.45) is 1.83. The minimum absolute atomic E-state index is 0.219. The molecule has 0 radical (unpaired) electrons. The lowest BCUT2D eigenvalue weighted by Crippen LogP contribution is -2.31. The lowest BCUT2D eigenvalue weighted by molar-refractivity contribution is -0.116. The van der Waals surface area contributed by atoms with Gasteiger partial charge in [-0.25, -0.2) is 0 Å². The summed E-state index contributed by atoms with van der Waals surface area (Å²) in [6.45, 7) is 8.90. The Balaban J connectivity index is 2.03. The highest BCUT2D eigenvalue weighted by atomic mass is 16.5. The molecule has 0 aliphatic carbocycles. The molecule has 1 heterocycles. The molecule has 2 rings (SSSR count). The molecule has 0 fully saturated rings. The summed E-state index contributed by atoms with van der Waals surface area (Å²) in [4.78, 5) is 12.3. The lowest BCUT2D eigenvalue weighted by Gasteiger charge is -2.17. The van der Waals surface area contributed by atoms with E-state index in [0.29, 0.717) is 36.3 Å². The summed E-state index contributed by atoms with van der Waals surface area (Å²) in [5, 5.41) is 9.59. The third-order valence-corrected chi connectivity index (χ3v) is 3.52. The zero-order valence-corrected chi connectivity index (χ0v) is 15.8. The second kappa shape index (κ2) is 9.70. The molecular weight excluding hydrogens is 334 g/mol. The van der Waals surface area contributed by atoms with Gasteiger partial charge in [0, 0.05) is 17.8 Å². The van der Waals surface area contributed by atoms with Crippen LogP contribution in [0.15, 0.2) is 28.8 Å². The molecule has 1 unspecified atom stereocenters. The summed E-state index contributed by atoms with van der Waals surface area (Å²) in [6, 6.07) is 6.77. The number of carbonyl (C=O) groups is 1. The first-order chi connectivity index (χ1) is 12.5. The number of amides is 1. The van der Waals surface area contributed by atoms with E-state index in [-0.39, 0.29) is 5.91 Å². The highest BCUT2D eigenvalue weighted by Gasteiger charge is 2.16. The minimum atomic E-state index is -0.471. The summed E-state index contributed by atoms with van der Waals surface area (Å²) in [5.74, 6) is 1.49. The maximum absolute atomic E-state index is 12.3. The number of anilines is 2. The van der Waals surface area contributed by atoms with Gasteiger partial charge in [-0.3, -0.25) is 10.1 Å². The third kappa shape index (κ3) is 5.68. The molecule has 1 aromatic carbocycles. The molecule has 1 atom stereocenters. The number of hydrogen-bond acceptors (Lipinski definition) is 6. The maximum Gasteiger partial charge on any atom is 0.248 e. The average molecular weight is 361 g/mol. The van der Waals surface area contributed by atoms with Crippen LogP contribution in [0.2, 0.25) is 0 Å². The predicted molar refractivity (Wildman–Crippen MR) is 101 cm³/mol. The van der Waals surface area contributed by atoms with E-state index in [1.807, 2.05) is 25.1 Å². The van der Waals surface area contributed by atoms with Crippen LogP contribution in [0.25, 0.3) is 0 Å². The molecule has 142 valence electrons. The Kier molecular flexibility index (Phi) is 7.32. The van der Waals surface area contributed by atoms with Gasteiger partial charge in [0.05, 0.1) is 18.9 Å². The molecule has 26 heavy (non-hydrogen) atoms. The third-order valence-electron chi connectivity index (χ3n) is 3.52. The van der Waals surface area contributed by atoms with Crippen molar-refractivity contribution in [3.8, 4) is 11.5 Å². The fraction of sp³-hybridized carbons (Fsp3) is 0.474. The first-order valence-electron chi connectivity index (χ1n) is 8.93. The first-order valence-corrected chi connectivity index (χ1v) is 8.93. The molecule has 1 aromatic heterocycles. The van der Waals surface area contributed by atoms with Crippen LogP contribution in [-0.2, 0) is 4.79 Å². The van der Waals surface area contributed by atoms with Gasteiger partial charge in [0.1, 0.15) is 6.04 Å². The van der Waals surface area contributed by atoms with Crippen LogP contribution in [0, 0.1) is 6.92 Å². The van der Waals surface area contributed by atoms with E-state index >= 15 is 0 Å². The molecule has 2 N–H and O–H groups in total. The van der Waals surface area contributed by atoms with Crippen LogP contribution in [0.5, 0.6) is 11.5 Å². The van der Waals surface area contributed by atoms with Crippen LogP contribution >= 0.6 is 0 Å². The Bertz CT molecular complexity index is 715. The number of aryl methyl sites for hydroxylation is 1. The molecule has 0 spiro atoms. The van der Waals surface area contributed by atoms with Gasteiger partial charge in [-0.2, -0.15) is 0 Å². The van der Waals surface area contributed by atoms with E-state index in [9.17, 15) is 4.79 Å². The smallest absolute Gasteiger partial charge is 0.248 e. The van der Waals surface area contributed by atoms with Crippen molar-refractivity contribution in [2.24, 2.45) is 0 Å². The molecular formula is C19H27N3O4. The number of rotatable bonds is 10. The number of carbonyl (C=O) groups excluding carboxylic acids is 1. The van der Waals surface area contributed by atoms with Crippen LogP contribution in [0.3, 0.4) is 0 Å². The summed E-state index contributed by atoms with van der Waals surface area (Å²) in [5.41, 5.74) is 1.48. The molecule has 1 amide bonds. The second-order valence-corrected chi connectivity index (χ2v) is 6.05. The van der Waals surface area contributed by atoms with Crippen molar-refractivity contribution in [1.29, 1.82) is 0 Å². The number of hydrogen-bond donors (Lipinski definition) is 2. The highest BCUT2D eigenvalue weighted by molar-refractivity contribution is 5.95. The fourth-order valence-corrected chi connectivity index (χ4v) is 2.22. The molecule has 2 aromatic rings. The predicted octanol–water partition coefficient (Wildman–Crippen LogP) is 4.00. The Morgan fingerprint density at radius 2 is 1.85 bits per heavy atom. The van der Waals surface area contributed by atoms with Crippen LogP contribution in [0.4, 0.5) is 11.6 Å². The zero-order chi connectivity index (χ0) is 18.9. The van der Waals surface area contributed by atoms with Crippen molar-refractivity contribution >= 4 is 17.5 Å². The van der Waals surface area contributed by atoms with Gasteiger partial charge in [-0.1, -0.05) is 19.0 Å². The van der Waals surface area contributed by atoms with Crippen molar-refractivity contribution in [2.75, 3.05) is 23.8 Å². The van der Waals surface area contributed by atoms with Crippen LogP contribution < -0.4 is 20.1 Å². The maximum atomic E-state index is 12.3. The van der Waals surface area contributed by atoms with E-state index in [2.05, 4.69) is 22.7 Å². The second-order valence-electron chi connectivity index (χ2n) is 6.05. The Hall–Kier alpha value is -2.70. The van der Waals surface area contributed by atoms with Crippen LogP contribution in [0.1, 0.15) is 39.3 Å².